The molecule has 0 bridgehead atoms. The molecule has 1 aromatic carbocycles. The van der Waals surface area contributed by atoms with Gasteiger partial charge in [-0.05, 0) is 53.0 Å². The molecule has 1 aliphatic carbocycles. The Balaban J connectivity index is 1.26. The first-order valence-corrected chi connectivity index (χ1v) is 13.6. The third-order valence-corrected chi connectivity index (χ3v) is 9.06. The topological polar surface area (TPSA) is 0 Å². The Morgan fingerprint density at radius 1 is 0.862 bits per heavy atom. The van der Waals surface area contributed by atoms with Crippen LogP contribution in [0.5, 0.6) is 0 Å². The van der Waals surface area contributed by atoms with Crippen LogP contribution in [0.25, 0.3) is 25.6 Å². The Morgan fingerprint density at radius 3 is 2.34 bits per heavy atom. The molecule has 2 heteroatoms. The minimum atomic E-state index is 0.645. The molecule has 1 aliphatic rings. The van der Waals surface area contributed by atoms with E-state index >= 15 is 0 Å². The lowest BCUT2D eigenvalue weighted by molar-refractivity contribution is 0.460. The van der Waals surface area contributed by atoms with Crippen LogP contribution >= 0.6 is 22.7 Å². The maximum atomic E-state index is 2.51. The fraction of sp³-hybridized carbons (Fsp3) is 0.556. The standard InChI is InChI=1S/C27H36S2/c1-3-4-5-6-7-8-9-10-11-12-13-21-14-15-22-18-26-25(19-24(22)20(21)2)23-16-17-28-27(23)29-26/h14-21H,3-13H2,1-2H3. The average molecular weight is 425 g/mol. The van der Waals surface area contributed by atoms with Gasteiger partial charge in [0.25, 0.3) is 0 Å². The second kappa shape index (κ2) is 10.3. The van der Waals surface area contributed by atoms with Gasteiger partial charge in [-0.3, -0.25) is 0 Å². The van der Waals surface area contributed by atoms with E-state index in [2.05, 4.69) is 49.6 Å². The van der Waals surface area contributed by atoms with Crippen molar-refractivity contribution in [1.82, 2.24) is 0 Å². The second-order valence-electron chi connectivity index (χ2n) is 8.98. The van der Waals surface area contributed by atoms with E-state index in [1.807, 2.05) is 22.7 Å². The number of hydrogen-bond acceptors (Lipinski definition) is 2. The summed E-state index contributed by atoms with van der Waals surface area (Å²) in [5, 5.41) is 5.17. The maximum Gasteiger partial charge on any atom is 0.0877 e. The molecule has 3 aromatic rings. The van der Waals surface area contributed by atoms with Crippen LogP contribution in [0, 0.1) is 5.92 Å². The molecule has 0 aliphatic heterocycles. The molecule has 0 spiro atoms. The van der Waals surface area contributed by atoms with Gasteiger partial charge >= 0.3 is 0 Å². The van der Waals surface area contributed by atoms with Gasteiger partial charge in [-0.25, -0.2) is 0 Å². The van der Waals surface area contributed by atoms with E-state index in [9.17, 15) is 0 Å². The summed E-state index contributed by atoms with van der Waals surface area (Å²) in [4.78, 5) is 0. The number of allylic oxidation sites excluding steroid dienone is 1. The largest absolute Gasteiger partial charge is 0.133 e. The van der Waals surface area contributed by atoms with Gasteiger partial charge in [0.2, 0.25) is 0 Å². The molecule has 2 unspecified atom stereocenters. The van der Waals surface area contributed by atoms with E-state index in [0.717, 1.165) is 0 Å². The molecule has 4 rings (SSSR count). The van der Waals surface area contributed by atoms with Gasteiger partial charge < -0.3 is 0 Å². The molecule has 0 N–H and O–H groups in total. The van der Waals surface area contributed by atoms with Crippen molar-refractivity contribution in [3.8, 4) is 0 Å². The lowest BCUT2D eigenvalue weighted by atomic mass is 9.78. The minimum Gasteiger partial charge on any atom is -0.133 e. The zero-order valence-electron chi connectivity index (χ0n) is 18.2. The number of fused-ring (bicyclic) bond motifs is 4. The van der Waals surface area contributed by atoms with Crippen LogP contribution in [0.15, 0.2) is 29.7 Å². The van der Waals surface area contributed by atoms with E-state index in [4.69, 9.17) is 0 Å². The summed E-state index contributed by atoms with van der Waals surface area (Å²) in [6, 6.07) is 7.25. The minimum absolute atomic E-state index is 0.645. The highest BCUT2D eigenvalue weighted by Crippen LogP contribution is 2.43. The van der Waals surface area contributed by atoms with Crippen LogP contribution in [-0.2, 0) is 0 Å². The first kappa shape index (κ1) is 21.1. The molecule has 0 nitrogen and oxygen atoms in total. The molecule has 2 heterocycles. The van der Waals surface area contributed by atoms with Crippen LogP contribution in [0.4, 0.5) is 0 Å². The van der Waals surface area contributed by atoms with E-state index in [1.54, 1.807) is 5.56 Å². The van der Waals surface area contributed by atoms with Crippen molar-refractivity contribution >= 4 is 48.2 Å². The van der Waals surface area contributed by atoms with E-state index in [1.165, 1.54) is 95.7 Å². The predicted molar refractivity (Wildman–Crippen MR) is 135 cm³/mol. The Labute approximate surface area is 185 Å². The lowest BCUT2D eigenvalue weighted by Gasteiger charge is -2.27. The van der Waals surface area contributed by atoms with Crippen molar-refractivity contribution in [2.75, 3.05) is 0 Å². The number of hydrogen-bond donors (Lipinski definition) is 0. The fourth-order valence-electron chi connectivity index (χ4n) is 4.96. The predicted octanol–water partition coefficient (Wildman–Crippen LogP) is 10.2. The van der Waals surface area contributed by atoms with Crippen LogP contribution in [0.3, 0.4) is 0 Å². The van der Waals surface area contributed by atoms with Crippen molar-refractivity contribution in [3.05, 3.63) is 40.8 Å². The van der Waals surface area contributed by atoms with Crippen molar-refractivity contribution < 1.29 is 0 Å². The number of benzene rings is 1. The number of thiophene rings is 2. The molecule has 0 radical (unpaired) electrons. The smallest absolute Gasteiger partial charge is 0.0877 e. The van der Waals surface area contributed by atoms with Gasteiger partial charge in [0.05, 0.1) is 4.01 Å². The van der Waals surface area contributed by atoms with Gasteiger partial charge in [-0.2, -0.15) is 0 Å². The normalized spacial score (nSPS) is 18.7. The zero-order valence-corrected chi connectivity index (χ0v) is 19.8. The number of unbranched alkanes of at least 4 members (excludes halogenated alkanes) is 9. The van der Waals surface area contributed by atoms with Gasteiger partial charge in [0.1, 0.15) is 0 Å². The third kappa shape index (κ3) is 4.97. The van der Waals surface area contributed by atoms with Crippen LogP contribution < -0.4 is 0 Å². The highest BCUT2D eigenvalue weighted by molar-refractivity contribution is 7.41. The Hall–Kier alpha value is -1.12. The highest BCUT2D eigenvalue weighted by atomic mass is 32.2. The van der Waals surface area contributed by atoms with E-state index < -0.39 is 0 Å². The molecule has 29 heavy (non-hydrogen) atoms. The molecule has 2 atom stereocenters. The van der Waals surface area contributed by atoms with Crippen molar-refractivity contribution in [2.24, 2.45) is 5.92 Å². The lowest BCUT2D eigenvalue weighted by Crippen LogP contribution is -2.12. The van der Waals surface area contributed by atoms with Crippen LogP contribution in [-0.4, -0.2) is 0 Å². The van der Waals surface area contributed by atoms with Gasteiger partial charge in [0.15, 0.2) is 0 Å². The molecule has 0 saturated heterocycles. The molecular formula is C27H36S2. The average Bonchev–Trinajstić information content (AvgIpc) is 3.31. The molecule has 0 amide bonds. The van der Waals surface area contributed by atoms with E-state index in [-0.39, 0.29) is 0 Å². The SMILES string of the molecule is CCCCCCCCCCCCC1C=Cc2cc3sc4sccc4c3cc2C1C. The maximum absolute atomic E-state index is 2.51. The van der Waals surface area contributed by atoms with Gasteiger partial charge in [0, 0.05) is 15.5 Å². The first-order valence-electron chi connectivity index (χ1n) is 11.9. The quantitative estimate of drug-likeness (QED) is 0.268. The first-order chi connectivity index (χ1) is 14.3. The molecule has 0 saturated carbocycles. The second-order valence-corrected chi connectivity index (χ2v) is 11.2. The monoisotopic (exact) mass is 424 g/mol. The Morgan fingerprint density at radius 2 is 1.59 bits per heavy atom. The van der Waals surface area contributed by atoms with Gasteiger partial charge in [-0.15, -0.1) is 22.7 Å². The van der Waals surface area contributed by atoms with E-state index in [0.29, 0.717) is 11.8 Å². The molecule has 0 fully saturated rings. The number of rotatable bonds is 11. The van der Waals surface area contributed by atoms with Gasteiger partial charge in [-0.1, -0.05) is 90.2 Å². The van der Waals surface area contributed by atoms with Crippen LogP contribution in [0.2, 0.25) is 0 Å². The summed E-state index contributed by atoms with van der Waals surface area (Å²) < 4.78 is 2.93. The fourth-order valence-corrected chi connectivity index (χ4v) is 7.17. The summed E-state index contributed by atoms with van der Waals surface area (Å²) in [6.45, 7) is 4.75. The summed E-state index contributed by atoms with van der Waals surface area (Å²) in [6.07, 6.45) is 20.5. The van der Waals surface area contributed by atoms with Crippen LogP contribution in [0.1, 0.15) is 102 Å². The van der Waals surface area contributed by atoms with Crippen molar-refractivity contribution in [3.63, 3.8) is 0 Å². The Kier molecular flexibility index (Phi) is 7.48. The summed E-state index contributed by atoms with van der Waals surface area (Å²) in [5.74, 6) is 1.36. The molecule has 2 aromatic heterocycles. The highest BCUT2D eigenvalue weighted by Gasteiger charge is 2.23. The van der Waals surface area contributed by atoms with Crippen molar-refractivity contribution in [2.45, 2.75) is 90.4 Å². The Bertz CT molecular complexity index is 942. The summed E-state index contributed by atoms with van der Waals surface area (Å²) >= 11 is 3.84. The third-order valence-electron chi connectivity index (χ3n) is 6.85. The summed E-state index contributed by atoms with van der Waals surface area (Å²) in [7, 11) is 0. The molecular weight excluding hydrogens is 388 g/mol. The molecule has 156 valence electrons. The zero-order chi connectivity index (χ0) is 20.1. The summed E-state index contributed by atoms with van der Waals surface area (Å²) in [5.41, 5.74) is 3.03. The van der Waals surface area contributed by atoms with Crippen molar-refractivity contribution in [1.29, 1.82) is 0 Å².